The van der Waals surface area contributed by atoms with Gasteiger partial charge in [-0.25, -0.2) is 8.42 Å². The van der Waals surface area contributed by atoms with Crippen molar-refractivity contribution in [3.05, 3.63) is 29.8 Å². The van der Waals surface area contributed by atoms with E-state index in [0.717, 1.165) is 0 Å². The van der Waals surface area contributed by atoms with Crippen molar-refractivity contribution < 1.29 is 27.5 Å². The molecule has 0 saturated carbocycles. The Balaban J connectivity index is 2.77. The number of esters is 1. The van der Waals surface area contributed by atoms with Crippen LogP contribution in [-0.2, 0) is 19.4 Å². The lowest BCUT2D eigenvalue weighted by Crippen LogP contribution is -2.21. The molecule has 0 atom stereocenters. The summed E-state index contributed by atoms with van der Waals surface area (Å²) in [6.45, 7) is 0. The lowest BCUT2D eigenvalue weighted by molar-refractivity contribution is -0.140. The van der Waals surface area contributed by atoms with Gasteiger partial charge in [0.05, 0.1) is 32.0 Å². The monoisotopic (exact) mass is 300 g/mol. The number of sulfone groups is 1. The number of ketones is 1. The third-order valence-electron chi connectivity index (χ3n) is 2.60. The second kappa shape index (κ2) is 7.04. The van der Waals surface area contributed by atoms with Crippen LogP contribution in [0.5, 0.6) is 5.75 Å². The van der Waals surface area contributed by atoms with E-state index in [9.17, 15) is 18.0 Å². The minimum absolute atomic E-state index is 0.205. The van der Waals surface area contributed by atoms with Crippen molar-refractivity contribution in [2.45, 2.75) is 6.42 Å². The van der Waals surface area contributed by atoms with E-state index in [1.807, 2.05) is 0 Å². The predicted octanol–water partition coefficient (Wildman–Crippen LogP) is 0.856. The second-order valence-corrected chi connectivity index (χ2v) is 6.23. The van der Waals surface area contributed by atoms with E-state index in [1.165, 1.54) is 20.3 Å². The maximum absolute atomic E-state index is 12.0. The number of rotatable bonds is 7. The molecule has 0 aliphatic heterocycles. The molecule has 7 heteroatoms. The minimum atomic E-state index is -3.67. The van der Waals surface area contributed by atoms with E-state index >= 15 is 0 Å². The Morgan fingerprint density at radius 1 is 1.15 bits per heavy atom. The predicted molar refractivity (Wildman–Crippen MR) is 72.6 cm³/mol. The Labute approximate surface area is 117 Å². The van der Waals surface area contributed by atoms with Gasteiger partial charge in [-0.2, -0.15) is 0 Å². The topological polar surface area (TPSA) is 86.7 Å². The molecule has 0 unspecified atom stereocenters. The summed E-state index contributed by atoms with van der Waals surface area (Å²) < 4.78 is 32.9. The maximum Gasteiger partial charge on any atom is 0.306 e. The van der Waals surface area contributed by atoms with E-state index in [1.54, 1.807) is 18.2 Å². The molecule has 20 heavy (non-hydrogen) atoms. The van der Waals surface area contributed by atoms with Gasteiger partial charge in [-0.05, 0) is 12.1 Å². The van der Waals surface area contributed by atoms with Gasteiger partial charge in [-0.1, -0.05) is 12.1 Å². The molecular formula is C13H16O6S. The van der Waals surface area contributed by atoms with Crippen molar-refractivity contribution in [1.29, 1.82) is 0 Å². The summed E-state index contributed by atoms with van der Waals surface area (Å²) in [5.74, 6) is -1.95. The number of hydrogen-bond acceptors (Lipinski definition) is 6. The van der Waals surface area contributed by atoms with Gasteiger partial charge in [0.15, 0.2) is 15.6 Å². The Hall–Kier alpha value is -1.89. The maximum atomic E-state index is 12.0. The molecule has 0 saturated heterocycles. The van der Waals surface area contributed by atoms with Crippen LogP contribution in [0.15, 0.2) is 24.3 Å². The lowest BCUT2D eigenvalue weighted by atomic mass is 10.1. The van der Waals surface area contributed by atoms with Gasteiger partial charge in [0.2, 0.25) is 0 Å². The first-order valence-corrected chi connectivity index (χ1v) is 7.65. The van der Waals surface area contributed by atoms with Crippen LogP contribution in [0.2, 0.25) is 0 Å². The van der Waals surface area contributed by atoms with Crippen LogP contribution in [-0.4, -0.2) is 45.9 Å². The molecule has 0 bridgehead atoms. The Morgan fingerprint density at radius 3 is 2.40 bits per heavy atom. The SMILES string of the molecule is COC(=O)CCS(=O)(=O)CC(=O)c1ccccc1OC. The summed E-state index contributed by atoms with van der Waals surface area (Å²) in [6.07, 6.45) is -0.266. The smallest absolute Gasteiger partial charge is 0.306 e. The van der Waals surface area contributed by atoms with E-state index in [-0.39, 0.29) is 12.0 Å². The van der Waals surface area contributed by atoms with Crippen molar-refractivity contribution in [2.24, 2.45) is 0 Å². The first-order valence-electron chi connectivity index (χ1n) is 5.83. The van der Waals surface area contributed by atoms with Crippen LogP contribution in [0.1, 0.15) is 16.8 Å². The highest BCUT2D eigenvalue weighted by atomic mass is 32.2. The molecule has 1 rings (SSSR count). The number of Topliss-reactive ketones (excluding diaryl/α,β-unsaturated/α-hetero) is 1. The molecule has 0 amide bonds. The fourth-order valence-corrected chi connectivity index (χ4v) is 2.74. The van der Waals surface area contributed by atoms with Gasteiger partial charge in [-0.3, -0.25) is 9.59 Å². The molecule has 0 aliphatic carbocycles. The summed E-state index contributed by atoms with van der Waals surface area (Å²) in [5.41, 5.74) is 0.205. The molecule has 0 N–H and O–H groups in total. The van der Waals surface area contributed by atoms with Crippen LogP contribution in [0, 0.1) is 0 Å². The Bertz CT molecular complexity index is 591. The molecular weight excluding hydrogens is 284 g/mol. The van der Waals surface area contributed by atoms with Gasteiger partial charge in [-0.15, -0.1) is 0 Å². The van der Waals surface area contributed by atoms with Crippen LogP contribution >= 0.6 is 0 Å². The Kier molecular flexibility index (Phi) is 5.69. The summed E-state index contributed by atoms with van der Waals surface area (Å²) in [7, 11) is -1.09. The van der Waals surface area contributed by atoms with Crippen molar-refractivity contribution in [1.82, 2.24) is 0 Å². The Morgan fingerprint density at radius 2 is 1.80 bits per heavy atom. The van der Waals surface area contributed by atoms with Crippen LogP contribution in [0.25, 0.3) is 0 Å². The molecule has 6 nitrogen and oxygen atoms in total. The van der Waals surface area contributed by atoms with Gasteiger partial charge in [0.1, 0.15) is 11.5 Å². The average molecular weight is 300 g/mol. The lowest BCUT2D eigenvalue weighted by Gasteiger charge is -2.07. The first kappa shape index (κ1) is 16.2. The molecule has 0 fully saturated rings. The molecule has 110 valence electrons. The zero-order valence-corrected chi connectivity index (χ0v) is 12.1. The molecule has 0 aromatic heterocycles. The number of carbonyl (C=O) groups is 2. The number of methoxy groups -OCH3 is 2. The molecule has 0 aliphatic rings. The normalized spacial score (nSPS) is 10.9. The average Bonchev–Trinajstić information content (AvgIpc) is 2.44. The third kappa shape index (κ3) is 4.65. The quantitative estimate of drug-likeness (QED) is 0.548. The number of ether oxygens (including phenoxy) is 2. The number of hydrogen-bond donors (Lipinski definition) is 0. The highest BCUT2D eigenvalue weighted by Crippen LogP contribution is 2.18. The fourth-order valence-electron chi connectivity index (χ4n) is 1.57. The molecule has 0 radical (unpaired) electrons. The fraction of sp³-hybridized carbons (Fsp3) is 0.385. The first-order chi connectivity index (χ1) is 9.39. The standard InChI is InChI=1S/C13H16O6S/c1-18-12-6-4-3-5-10(12)11(14)9-20(16,17)8-7-13(15)19-2/h3-6H,7-9H2,1-2H3. The van der Waals surface area contributed by atoms with Crippen molar-refractivity contribution >= 4 is 21.6 Å². The summed E-state index contributed by atoms with van der Waals surface area (Å²) in [4.78, 5) is 22.9. The minimum Gasteiger partial charge on any atom is -0.496 e. The summed E-state index contributed by atoms with van der Waals surface area (Å²) >= 11 is 0. The highest BCUT2D eigenvalue weighted by Gasteiger charge is 2.21. The second-order valence-electron chi connectivity index (χ2n) is 4.04. The summed E-state index contributed by atoms with van der Waals surface area (Å²) in [6, 6.07) is 6.38. The van der Waals surface area contributed by atoms with Gasteiger partial charge in [0, 0.05) is 0 Å². The van der Waals surface area contributed by atoms with Gasteiger partial charge >= 0.3 is 5.97 Å². The van der Waals surface area contributed by atoms with E-state index in [2.05, 4.69) is 4.74 Å². The number of carbonyl (C=O) groups excluding carboxylic acids is 2. The highest BCUT2D eigenvalue weighted by molar-refractivity contribution is 7.92. The number of para-hydroxylation sites is 1. The molecule has 1 aromatic carbocycles. The third-order valence-corrected chi connectivity index (χ3v) is 4.13. The van der Waals surface area contributed by atoms with Gasteiger partial charge in [0.25, 0.3) is 0 Å². The van der Waals surface area contributed by atoms with Crippen LogP contribution in [0.3, 0.4) is 0 Å². The summed E-state index contributed by atoms with van der Waals surface area (Å²) in [5, 5.41) is 0. The van der Waals surface area contributed by atoms with Crippen LogP contribution in [0.4, 0.5) is 0 Å². The van der Waals surface area contributed by atoms with E-state index in [0.29, 0.717) is 5.75 Å². The van der Waals surface area contributed by atoms with Crippen molar-refractivity contribution in [2.75, 3.05) is 25.7 Å². The van der Waals surface area contributed by atoms with Gasteiger partial charge < -0.3 is 9.47 Å². The van der Waals surface area contributed by atoms with Crippen LogP contribution < -0.4 is 4.74 Å². The molecule has 0 spiro atoms. The van der Waals surface area contributed by atoms with Crippen molar-refractivity contribution in [3.8, 4) is 5.75 Å². The largest absolute Gasteiger partial charge is 0.496 e. The zero-order chi connectivity index (χ0) is 15.2. The number of benzene rings is 1. The molecule has 0 heterocycles. The molecule has 1 aromatic rings. The zero-order valence-electron chi connectivity index (χ0n) is 11.3. The van der Waals surface area contributed by atoms with E-state index < -0.39 is 33.1 Å². The van der Waals surface area contributed by atoms with E-state index in [4.69, 9.17) is 4.74 Å². The van der Waals surface area contributed by atoms with Crippen molar-refractivity contribution in [3.63, 3.8) is 0 Å².